The van der Waals surface area contributed by atoms with E-state index in [2.05, 4.69) is 39.3 Å². The zero-order valence-electron chi connectivity index (χ0n) is 10.0. The van der Waals surface area contributed by atoms with E-state index in [1.54, 1.807) is 0 Å². The van der Waals surface area contributed by atoms with Gasteiger partial charge in [0.2, 0.25) is 0 Å². The van der Waals surface area contributed by atoms with Crippen LogP contribution in [0.1, 0.15) is 48.0 Å². The highest BCUT2D eigenvalue weighted by atomic mass is 32.1. The molecule has 1 aliphatic carbocycles. The van der Waals surface area contributed by atoms with Gasteiger partial charge >= 0.3 is 0 Å². The van der Waals surface area contributed by atoms with Gasteiger partial charge in [0, 0.05) is 5.38 Å². The Morgan fingerprint density at radius 1 is 1.33 bits per heavy atom. The molecule has 94 valence electrons. The van der Waals surface area contributed by atoms with E-state index in [4.69, 9.17) is 5.84 Å². The van der Waals surface area contributed by atoms with Crippen molar-refractivity contribution in [2.75, 3.05) is 0 Å². The van der Waals surface area contributed by atoms with Crippen LogP contribution in [0.2, 0.25) is 0 Å². The van der Waals surface area contributed by atoms with Gasteiger partial charge in [0.05, 0.1) is 11.7 Å². The second kappa shape index (κ2) is 5.14. The number of hydrogen-bond acceptors (Lipinski definition) is 5. The highest BCUT2D eigenvalue weighted by Gasteiger charge is 2.26. The Morgan fingerprint density at radius 2 is 2.17 bits per heavy atom. The fourth-order valence-electron chi connectivity index (χ4n) is 2.50. The van der Waals surface area contributed by atoms with E-state index in [-0.39, 0.29) is 6.04 Å². The van der Waals surface area contributed by atoms with Crippen LogP contribution in [0.5, 0.6) is 0 Å². The van der Waals surface area contributed by atoms with Gasteiger partial charge in [-0.15, -0.1) is 5.10 Å². The van der Waals surface area contributed by atoms with Crippen LogP contribution in [-0.2, 0) is 0 Å². The van der Waals surface area contributed by atoms with E-state index in [0.717, 1.165) is 5.69 Å². The molecule has 0 aliphatic heterocycles. The molecule has 1 aromatic carbocycles. The topological polar surface area (TPSA) is 63.8 Å². The van der Waals surface area contributed by atoms with Gasteiger partial charge in [-0.1, -0.05) is 35.2 Å². The molecule has 5 heteroatoms. The Morgan fingerprint density at radius 3 is 2.78 bits per heavy atom. The second-order valence-electron chi connectivity index (χ2n) is 4.69. The lowest BCUT2D eigenvalue weighted by molar-refractivity contribution is 0.414. The molecule has 1 aliphatic rings. The predicted octanol–water partition coefficient (Wildman–Crippen LogP) is 2.36. The summed E-state index contributed by atoms with van der Waals surface area (Å²) in [6.07, 6.45) is 3.89. The van der Waals surface area contributed by atoms with Crippen LogP contribution in [0.25, 0.3) is 0 Å². The van der Waals surface area contributed by atoms with Crippen molar-refractivity contribution >= 4 is 11.5 Å². The Kier molecular flexibility index (Phi) is 3.36. The molecule has 4 nitrogen and oxygen atoms in total. The number of hydrogen-bond donors (Lipinski definition) is 2. The first kappa shape index (κ1) is 11.8. The number of nitrogens with one attached hydrogen (secondary N) is 1. The number of benzene rings is 1. The van der Waals surface area contributed by atoms with Crippen molar-refractivity contribution in [1.82, 2.24) is 15.0 Å². The number of hydrazine groups is 1. The van der Waals surface area contributed by atoms with E-state index in [1.165, 1.54) is 41.9 Å². The third-order valence-electron chi connectivity index (χ3n) is 3.69. The first-order valence-electron chi connectivity index (χ1n) is 6.22. The van der Waals surface area contributed by atoms with E-state index in [9.17, 15) is 0 Å². The van der Waals surface area contributed by atoms with Gasteiger partial charge < -0.3 is 0 Å². The lowest BCUT2D eigenvalue weighted by atomic mass is 9.77. The predicted molar refractivity (Wildman–Crippen MR) is 72.1 cm³/mol. The number of nitrogens with two attached hydrogens (primary N) is 1. The number of rotatable bonds is 4. The third-order valence-corrected chi connectivity index (χ3v) is 4.21. The molecular formula is C13H16N4S. The maximum Gasteiger partial charge on any atom is 0.0983 e. The Bertz CT molecular complexity index is 507. The van der Waals surface area contributed by atoms with Crippen LogP contribution in [0.15, 0.2) is 29.6 Å². The summed E-state index contributed by atoms with van der Waals surface area (Å²) < 4.78 is 3.92. The quantitative estimate of drug-likeness (QED) is 0.654. The molecule has 3 rings (SSSR count). The Hall–Kier alpha value is -1.30. The van der Waals surface area contributed by atoms with Crippen LogP contribution < -0.4 is 11.3 Å². The first-order chi connectivity index (χ1) is 8.90. The molecule has 2 aromatic rings. The van der Waals surface area contributed by atoms with Crippen LogP contribution in [0.3, 0.4) is 0 Å². The summed E-state index contributed by atoms with van der Waals surface area (Å²) in [5, 5.41) is 6.08. The van der Waals surface area contributed by atoms with Crippen molar-refractivity contribution in [2.24, 2.45) is 5.84 Å². The van der Waals surface area contributed by atoms with Gasteiger partial charge in [0.1, 0.15) is 0 Å². The van der Waals surface area contributed by atoms with Crippen LogP contribution in [-0.4, -0.2) is 9.59 Å². The maximum absolute atomic E-state index is 5.71. The highest BCUT2D eigenvalue weighted by molar-refractivity contribution is 7.03. The SMILES string of the molecule is NNC(c1csnn1)c1ccccc1C1CCC1. The summed E-state index contributed by atoms with van der Waals surface area (Å²) in [4.78, 5) is 0. The Balaban J connectivity index is 1.99. The molecule has 1 heterocycles. The van der Waals surface area contributed by atoms with Crippen molar-refractivity contribution in [1.29, 1.82) is 0 Å². The average molecular weight is 260 g/mol. The summed E-state index contributed by atoms with van der Waals surface area (Å²) in [7, 11) is 0. The van der Waals surface area contributed by atoms with Crippen LogP contribution in [0.4, 0.5) is 0 Å². The first-order valence-corrected chi connectivity index (χ1v) is 7.05. The van der Waals surface area contributed by atoms with Crippen molar-refractivity contribution in [2.45, 2.75) is 31.2 Å². The van der Waals surface area contributed by atoms with Crippen LogP contribution >= 0.6 is 11.5 Å². The molecule has 0 bridgehead atoms. The lowest BCUT2D eigenvalue weighted by Gasteiger charge is -2.29. The number of aromatic nitrogens is 2. The molecule has 0 amide bonds. The maximum atomic E-state index is 5.71. The van der Waals surface area contributed by atoms with E-state index in [0.29, 0.717) is 5.92 Å². The third kappa shape index (κ3) is 2.05. The van der Waals surface area contributed by atoms with Gasteiger partial charge in [0.25, 0.3) is 0 Å². The smallest absolute Gasteiger partial charge is 0.0983 e. The molecule has 0 spiro atoms. The minimum Gasteiger partial charge on any atom is -0.271 e. The molecule has 0 radical (unpaired) electrons. The zero-order chi connectivity index (χ0) is 12.4. The molecule has 1 aromatic heterocycles. The van der Waals surface area contributed by atoms with E-state index < -0.39 is 0 Å². The van der Waals surface area contributed by atoms with Crippen molar-refractivity contribution < 1.29 is 0 Å². The van der Waals surface area contributed by atoms with Gasteiger partial charge in [-0.25, -0.2) is 5.43 Å². The molecule has 1 saturated carbocycles. The molecule has 1 unspecified atom stereocenters. The van der Waals surface area contributed by atoms with Gasteiger partial charge in [-0.3, -0.25) is 5.84 Å². The summed E-state index contributed by atoms with van der Waals surface area (Å²) in [6.45, 7) is 0. The number of nitrogens with zero attached hydrogens (tertiary/aromatic N) is 2. The van der Waals surface area contributed by atoms with Gasteiger partial charge in [-0.05, 0) is 41.4 Å². The highest BCUT2D eigenvalue weighted by Crippen LogP contribution is 2.40. The van der Waals surface area contributed by atoms with Crippen molar-refractivity contribution in [3.05, 3.63) is 46.5 Å². The van der Waals surface area contributed by atoms with Gasteiger partial charge in [0.15, 0.2) is 0 Å². The Labute approximate surface area is 110 Å². The minimum absolute atomic E-state index is 0.0550. The second-order valence-corrected chi connectivity index (χ2v) is 5.30. The van der Waals surface area contributed by atoms with Crippen molar-refractivity contribution in [3.63, 3.8) is 0 Å². The average Bonchev–Trinajstić information content (AvgIpc) is 2.84. The fourth-order valence-corrected chi connectivity index (χ4v) is 2.98. The molecule has 0 saturated heterocycles. The largest absolute Gasteiger partial charge is 0.271 e. The lowest BCUT2D eigenvalue weighted by Crippen LogP contribution is -2.30. The minimum atomic E-state index is -0.0550. The van der Waals surface area contributed by atoms with E-state index >= 15 is 0 Å². The molecule has 1 fully saturated rings. The summed E-state index contributed by atoms with van der Waals surface area (Å²) >= 11 is 1.36. The monoisotopic (exact) mass is 260 g/mol. The molecule has 18 heavy (non-hydrogen) atoms. The summed E-state index contributed by atoms with van der Waals surface area (Å²) in [5.41, 5.74) is 6.40. The molecule has 3 N–H and O–H groups in total. The van der Waals surface area contributed by atoms with E-state index in [1.807, 2.05) is 5.38 Å². The molecular weight excluding hydrogens is 244 g/mol. The summed E-state index contributed by atoms with van der Waals surface area (Å²) in [5.74, 6) is 6.40. The van der Waals surface area contributed by atoms with Crippen LogP contribution in [0, 0.1) is 0 Å². The molecule has 1 atom stereocenters. The zero-order valence-corrected chi connectivity index (χ0v) is 10.9. The van der Waals surface area contributed by atoms with Crippen molar-refractivity contribution in [3.8, 4) is 0 Å². The van der Waals surface area contributed by atoms with Gasteiger partial charge in [-0.2, -0.15) is 0 Å². The normalized spacial score (nSPS) is 17.4. The standard InChI is InChI=1S/C13H16N4S/c14-15-13(12-8-18-17-16-12)11-7-2-1-6-10(11)9-4-3-5-9/h1-2,6-9,13,15H,3-5,14H2. The fraction of sp³-hybridized carbons (Fsp3) is 0.385. The summed E-state index contributed by atoms with van der Waals surface area (Å²) in [6, 6.07) is 8.45.